The first kappa shape index (κ1) is 25.4. The summed E-state index contributed by atoms with van der Waals surface area (Å²) in [5, 5.41) is 2.72. The van der Waals surface area contributed by atoms with Crippen LogP contribution in [-0.2, 0) is 30.3 Å². The lowest BCUT2D eigenvalue weighted by molar-refractivity contribution is -0.198. The van der Waals surface area contributed by atoms with Gasteiger partial charge < -0.3 is 29.0 Å². The molecule has 3 aliphatic heterocycles. The number of methoxy groups -OCH3 is 1. The van der Waals surface area contributed by atoms with E-state index >= 15 is 0 Å². The molecule has 0 unspecified atom stereocenters. The Bertz CT molecular complexity index is 1280. The van der Waals surface area contributed by atoms with Crippen LogP contribution in [0.2, 0.25) is 0 Å². The minimum Gasteiger partial charge on any atom is -0.497 e. The van der Waals surface area contributed by atoms with Crippen molar-refractivity contribution in [3.8, 4) is 5.75 Å². The van der Waals surface area contributed by atoms with Gasteiger partial charge in [0.05, 0.1) is 25.9 Å². The van der Waals surface area contributed by atoms with Crippen molar-refractivity contribution in [1.29, 1.82) is 0 Å². The van der Waals surface area contributed by atoms with Crippen molar-refractivity contribution in [1.82, 2.24) is 14.5 Å². The number of carbonyl (C=O) groups is 1. The standard InChI is InChI=1S/C26H31N3O8/c1-5-11-27-23(31)21-18(34-21)13-17-20-22(37-26(2,3)36-20)24(35-17)28-12-10-19(30)29(25(28)32)14-15-6-8-16(33-4)9-7-15/h5-10,12,17-18,20-22,24H,1,11,13-14H2,2-4H3,(H,27,31)/t17-,18+,20-,21-,22-,24-/m1/s1. The molecule has 1 aromatic carbocycles. The predicted octanol–water partition coefficient (Wildman–Crippen LogP) is 0.944. The highest BCUT2D eigenvalue weighted by atomic mass is 16.8. The fourth-order valence-corrected chi connectivity index (χ4v) is 4.91. The number of aromatic nitrogens is 2. The van der Waals surface area contributed by atoms with Crippen molar-refractivity contribution in [3.05, 3.63) is 75.6 Å². The van der Waals surface area contributed by atoms with E-state index in [0.29, 0.717) is 18.7 Å². The third-order valence-corrected chi connectivity index (χ3v) is 6.72. The van der Waals surface area contributed by atoms with E-state index in [1.165, 1.54) is 16.8 Å². The molecule has 0 bridgehead atoms. The summed E-state index contributed by atoms with van der Waals surface area (Å²) in [6.07, 6.45) is 0.157. The zero-order valence-electron chi connectivity index (χ0n) is 21.0. The highest BCUT2D eigenvalue weighted by molar-refractivity contribution is 5.83. The quantitative estimate of drug-likeness (QED) is 0.388. The summed E-state index contributed by atoms with van der Waals surface area (Å²) < 4.78 is 31.8. The summed E-state index contributed by atoms with van der Waals surface area (Å²) in [7, 11) is 1.57. The molecular weight excluding hydrogens is 482 g/mol. The molecule has 3 fully saturated rings. The third kappa shape index (κ3) is 5.12. The lowest BCUT2D eigenvalue weighted by atomic mass is 10.0. The highest BCUT2D eigenvalue weighted by Crippen LogP contribution is 2.45. The van der Waals surface area contributed by atoms with Gasteiger partial charge in [-0.05, 0) is 31.5 Å². The Kier molecular flexibility index (Phi) is 6.80. The lowest BCUT2D eigenvalue weighted by Gasteiger charge is -2.25. The minimum atomic E-state index is -0.887. The van der Waals surface area contributed by atoms with E-state index in [9.17, 15) is 14.4 Å². The van der Waals surface area contributed by atoms with Crippen LogP contribution in [0.1, 0.15) is 32.1 Å². The van der Waals surface area contributed by atoms with Crippen molar-refractivity contribution < 1.29 is 28.5 Å². The number of benzene rings is 1. The van der Waals surface area contributed by atoms with Gasteiger partial charge >= 0.3 is 5.69 Å². The second kappa shape index (κ2) is 9.90. The van der Waals surface area contributed by atoms with Crippen LogP contribution in [0.25, 0.3) is 0 Å². The maximum Gasteiger partial charge on any atom is 0.333 e. The molecule has 0 saturated carbocycles. The van der Waals surface area contributed by atoms with Gasteiger partial charge in [0, 0.05) is 25.2 Å². The number of rotatable bonds is 9. The molecule has 11 nitrogen and oxygen atoms in total. The fourth-order valence-electron chi connectivity index (χ4n) is 4.91. The van der Waals surface area contributed by atoms with Gasteiger partial charge in [0.2, 0.25) is 0 Å². The van der Waals surface area contributed by atoms with Crippen LogP contribution in [0.15, 0.2) is 58.8 Å². The van der Waals surface area contributed by atoms with Crippen LogP contribution in [0.5, 0.6) is 5.75 Å². The number of hydrogen-bond donors (Lipinski definition) is 1. The molecule has 5 rings (SSSR count). The second-order valence-corrected chi connectivity index (χ2v) is 9.77. The SMILES string of the molecule is C=CCNC(=O)[C@@H]1O[C@H]1C[C@H]1O[C@@H](n2ccc(=O)n(Cc3ccc(OC)cc3)c2=O)[C@@H]2OC(C)(C)O[C@@H]21. The molecule has 198 valence electrons. The van der Waals surface area contributed by atoms with Gasteiger partial charge in [-0.2, -0.15) is 0 Å². The number of fused-ring (bicyclic) bond motifs is 1. The second-order valence-electron chi connectivity index (χ2n) is 9.77. The van der Waals surface area contributed by atoms with E-state index < -0.39 is 47.7 Å². The number of nitrogens with one attached hydrogen (secondary N) is 1. The highest BCUT2D eigenvalue weighted by Gasteiger charge is 2.58. The summed E-state index contributed by atoms with van der Waals surface area (Å²) in [6.45, 7) is 7.64. The van der Waals surface area contributed by atoms with Gasteiger partial charge in [0.25, 0.3) is 11.5 Å². The largest absolute Gasteiger partial charge is 0.497 e. The van der Waals surface area contributed by atoms with E-state index in [1.54, 1.807) is 51.3 Å². The van der Waals surface area contributed by atoms with Crippen molar-refractivity contribution in [3.63, 3.8) is 0 Å². The molecule has 2 aromatic rings. The predicted molar refractivity (Wildman–Crippen MR) is 131 cm³/mol. The third-order valence-electron chi connectivity index (χ3n) is 6.72. The Hall–Kier alpha value is -3.25. The molecule has 1 N–H and O–H groups in total. The molecular formula is C26H31N3O8. The number of epoxide rings is 1. The Morgan fingerprint density at radius 2 is 1.84 bits per heavy atom. The summed E-state index contributed by atoms with van der Waals surface area (Å²) in [4.78, 5) is 38.3. The van der Waals surface area contributed by atoms with Crippen molar-refractivity contribution in [2.75, 3.05) is 13.7 Å². The Balaban J connectivity index is 1.37. The number of ether oxygens (including phenoxy) is 5. The average Bonchev–Trinajstić information content (AvgIpc) is 3.48. The first-order valence-electron chi connectivity index (χ1n) is 12.2. The smallest absolute Gasteiger partial charge is 0.333 e. The van der Waals surface area contributed by atoms with Crippen molar-refractivity contribution in [2.24, 2.45) is 0 Å². The Morgan fingerprint density at radius 1 is 1.11 bits per heavy atom. The van der Waals surface area contributed by atoms with E-state index in [1.807, 2.05) is 0 Å². The summed E-state index contributed by atoms with van der Waals surface area (Å²) >= 11 is 0. The molecule has 11 heteroatoms. The molecule has 1 amide bonds. The maximum absolute atomic E-state index is 13.5. The van der Waals surface area contributed by atoms with Crippen LogP contribution >= 0.6 is 0 Å². The zero-order chi connectivity index (χ0) is 26.3. The van der Waals surface area contributed by atoms with Crippen molar-refractivity contribution in [2.45, 2.75) is 69.3 Å². The molecule has 37 heavy (non-hydrogen) atoms. The molecule has 0 aliphatic carbocycles. The van der Waals surface area contributed by atoms with Crippen LogP contribution in [0.4, 0.5) is 0 Å². The maximum atomic E-state index is 13.5. The molecule has 3 aliphatic rings. The van der Waals surface area contributed by atoms with Crippen LogP contribution in [-0.4, -0.2) is 65.0 Å². The number of carbonyl (C=O) groups excluding carboxylic acids is 1. The van der Waals surface area contributed by atoms with Gasteiger partial charge in [-0.25, -0.2) is 4.79 Å². The number of hydrogen-bond acceptors (Lipinski definition) is 8. The van der Waals surface area contributed by atoms with Crippen LogP contribution < -0.4 is 21.3 Å². The molecule has 3 saturated heterocycles. The van der Waals surface area contributed by atoms with Gasteiger partial charge in [0.1, 0.15) is 18.0 Å². The molecule has 1 aromatic heterocycles. The van der Waals surface area contributed by atoms with E-state index in [0.717, 1.165) is 10.1 Å². The van der Waals surface area contributed by atoms with Gasteiger partial charge in [-0.3, -0.25) is 18.7 Å². The molecule has 0 radical (unpaired) electrons. The first-order valence-corrected chi connectivity index (χ1v) is 12.2. The summed E-state index contributed by atoms with van der Waals surface area (Å²) in [5.74, 6) is -0.414. The van der Waals surface area contributed by atoms with Crippen molar-refractivity contribution >= 4 is 5.91 Å². The fraction of sp³-hybridized carbons (Fsp3) is 0.500. The van der Waals surface area contributed by atoms with E-state index in [4.69, 9.17) is 23.7 Å². The summed E-state index contributed by atoms with van der Waals surface area (Å²) in [6, 6.07) is 8.48. The lowest BCUT2D eigenvalue weighted by Crippen LogP contribution is -2.43. The monoisotopic (exact) mass is 513 g/mol. The molecule has 6 atom stereocenters. The van der Waals surface area contributed by atoms with E-state index in [2.05, 4.69) is 11.9 Å². The van der Waals surface area contributed by atoms with Crippen LogP contribution in [0, 0.1) is 0 Å². The number of amides is 1. The Morgan fingerprint density at radius 3 is 2.54 bits per heavy atom. The average molecular weight is 514 g/mol. The normalized spacial score (nSPS) is 29.5. The minimum absolute atomic E-state index is 0.0903. The first-order chi connectivity index (χ1) is 17.7. The van der Waals surface area contributed by atoms with Gasteiger partial charge in [-0.15, -0.1) is 6.58 Å². The molecule has 0 spiro atoms. The number of nitrogens with zero attached hydrogens (tertiary/aromatic N) is 2. The summed E-state index contributed by atoms with van der Waals surface area (Å²) in [5.41, 5.74) is -0.175. The van der Waals surface area contributed by atoms with Gasteiger partial charge in [0.15, 0.2) is 18.1 Å². The zero-order valence-corrected chi connectivity index (χ0v) is 21.0. The molecule has 4 heterocycles. The van der Waals surface area contributed by atoms with E-state index in [-0.39, 0.29) is 18.6 Å². The Labute approximate surface area is 213 Å². The van der Waals surface area contributed by atoms with Gasteiger partial charge in [-0.1, -0.05) is 18.2 Å². The van der Waals surface area contributed by atoms with Crippen LogP contribution in [0.3, 0.4) is 0 Å². The topological polar surface area (TPSA) is 123 Å².